The largest absolute Gasteiger partial charge is 0.493 e. The average molecular weight is 286 g/mol. The number of nitrogens with two attached hydrogens (primary N) is 1. The Balaban J connectivity index is 1.74. The molecule has 0 amide bonds. The number of hydrazine groups is 1. The molecule has 0 saturated carbocycles. The third kappa shape index (κ3) is 3.06. The maximum Gasteiger partial charge on any atom is 0.126 e. The number of halogens is 1. The zero-order valence-corrected chi connectivity index (χ0v) is 11.8. The third-order valence-electron chi connectivity index (χ3n) is 4.09. The lowest BCUT2D eigenvalue weighted by Gasteiger charge is -2.31. The van der Waals surface area contributed by atoms with E-state index in [2.05, 4.69) is 11.5 Å². The second-order valence-electron chi connectivity index (χ2n) is 5.45. The van der Waals surface area contributed by atoms with Gasteiger partial charge < -0.3 is 4.74 Å². The predicted molar refractivity (Wildman–Crippen MR) is 80.3 cm³/mol. The van der Waals surface area contributed by atoms with Crippen LogP contribution in [0.5, 0.6) is 5.75 Å². The minimum atomic E-state index is -0.185. The van der Waals surface area contributed by atoms with E-state index in [-0.39, 0.29) is 17.8 Å². The number of nitrogens with one attached hydrogen (secondary N) is 1. The van der Waals surface area contributed by atoms with Crippen LogP contribution in [0, 0.1) is 11.7 Å². The van der Waals surface area contributed by atoms with Gasteiger partial charge in [0, 0.05) is 12.0 Å². The number of hydrogen-bond acceptors (Lipinski definition) is 3. The normalized spacial score (nSPS) is 18.7. The van der Waals surface area contributed by atoms with Gasteiger partial charge in [0.2, 0.25) is 0 Å². The molecule has 0 bridgehead atoms. The maximum atomic E-state index is 13.8. The fourth-order valence-electron chi connectivity index (χ4n) is 2.87. The number of benzene rings is 2. The first kappa shape index (κ1) is 14.0. The highest BCUT2D eigenvalue weighted by atomic mass is 19.1. The van der Waals surface area contributed by atoms with Crippen molar-refractivity contribution in [3.63, 3.8) is 0 Å². The molecule has 3 N–H and O–H groups in total. The van der Waals surface area contributed by atoms with Crippen molar-refractivity contribution in [3.8, 4) is 5.75 Å². The number of para-hydroxylation sites is 1. The van der Waals surface area contributed by atoms with Crippen molar-refractivity contribution in [2.75, 3.05) is 6.61 Å². The standard InChI is InChI=1S/C17H19FN2O/c18-15-7-3-1-5-12(15)10-16(20-19)14-9-13-6-2-4-8-17(13)21-11-14/h1-8,14,16,20H,9-11,19H2. The van der Waals surface area contributed by atoms with Gasteiger partial charge in [0.15, 0.2) is 0 Å². The zero-order valence-electron chi connectivity index (χ0n) is 11.8. The van der Waals surface area contributed by atoms with Gasteiger partial charge in [-0.1, -0.05) is 36.4 Å². The van der Waals surface area contributed by atoms with Crippen LogP contribution < -0.4 is 16.0 Å². The molecule has 3 rings (SSSR count). The van der Waals surface area contributed by atoms with E-state index in [1.807, 2.05) is 24.3 Å². The third-order valence-corrected chi connectivity index (χ3v) is 4.09. The highest BCUT2D eigenvalue weighted by molar-refractivity contribution is 5.35. The summed E-state index contributed by atoms with van der Waals surface area (Å²) in [5.41, 5.74) is 4.69. The minimum absolute atomic E-state index is 0.0183. The zero-order chi connectivity index (χ0) is 14.7. The molecule has 1 aliphatic rings. The summed E-state index contributed by atoms with van der Waals surface area (Å²) in [6, 6.07) is 14.8. The van der Waals surface area contributed by atoms with Gasteiger partial charge in [0.05, 0.1) is 6.61 Å². The fourth-order valence-corrected chi connectivity index (χ4v) is 2.87. The minimum Gasteiger partial charge on any atom is -0.493 e. The molecule has 2 aromatic rings. The second-order valence-corrected chi connectivity index (χ2v) is 5.45. The van der Waals surface area contributed by atoms with Gasteiger partial charge in [-0.25, -0.2) is 4.39 Å². The Labute approximate surface area is 123 Å². The number of hydrogen-bond donors (Lipinski definition) is 2. The van der Waals surface area contributed by atoms with E-state index in [1.54, 1.807) is 12.1 Å². The molecule has 0 radical (unpaired) electrons. The van der Waals surface area contributed by atoms with Crippen LogP contribution in [0.2, 0.25) is 0 Å². The van der Waals surface area contributed by atoms with Crippen molar-refractivity contribution in [3.05, 3.63) is 65.5 Å². The van der Waals surface area contributed by atoms with Gasteiger partial charge in [0.1, 0.15) is 11.6 Å². The van der Waals surface area contributed by atoms with Crippen LogP contribution in [0.25, 0.3) is 0 Å². The first-order valence-corrected chi connectivity index (χ1v) is 7.18. The van der Waals surface area contributed by atoms with Crippen LogP contribution >= 0.6 is 0 Å². The van der Waals surface area contributed by atoms with Crippen LogP contribution in [0.3, 0.4) is 0 Å². The summed E-state index contributed by atoms with van der Waals surface area (Å²) < 4.78 is 19.6. The van der Waals surface area contributed by atoms with Gasteiger partial charge in [-0.3, -0.25) is 11.3 Å². The molecule has 4 heteroatoms. The topological polar surface area (TPSA) is 47.3 Å². The highest BCUT2D eigenvalue weighted by Gasteiger charge is 2.27. The summed E-state index contributed by atoms with van der Waals surface area (Å²) in [5.74, 6) is 6.67. The van der Waals surface area contributed by atoms with Crippen LogP contribution in [-0.2, 0) is 12.8 Å². The molecule has 3 nitrogen and oxygen atoms in total. The van der Waals surface area contributed by atoms with E-state index >= 15 is 0 Å². The van der Waals surface area contributed by atoms with Gasteiger partial charge in [-0.15, -0.1) is 0 Å². The second kappa shape index (κ2) is 6.24. The van der Waals surface area contributed by atoms with E-state index in [0.29, 0.717) is 18.6 Å². The Hall–Kier alpha value is -1.91. The van der Waals surface area contributed by atoms with Crippen molar-refractivity contribution >= 4 is 0 Å². The van der Waals surface area contributed by atoms with E-state index < -0.39 is 0 Å². The van der Waals surface area contributed by atoms with Crippen LogP contribution in [0.1, 0.15) is 11.1 Å². The van der Waals surface area contributed by atoms with E-state index in [9.17, 15) is 4.39 Å². The van der Waals surface area contributed by atoms with Gasteiger partial charge in [0.25, 0.3) is 0 Å². The van der Waals surface area contributed by atoms with Crippen molar-refractivity contribution in [2.24, 2.45) is 11.8 Å². The SMILES string of the molecule is NNC(Cc1ccccc1F)C1COc2ccccc2C1. The van der Waals surface area contributed by atoms with Crippen molar-refractivity contribution in [1.29, 1.82) is 0 Å². The summed E-state index contributed by atoms with van der Waals surface area (Å²) >= 11 is 0. The van der Waals surface area contributed by atoms with Crippen molar-refractivity contribution < 1.29 is 9.13 Å². The monoisotopic (exact) mass is 286 g/mol. The summed E-state index contributed by atoms with van der Waals surface area (Å²) in [4.78, 5) is 0. The fraction of sp³-hybridized carbons (Fsp3) is 0.294. The molecule has 2 unspecified atom stereocenters. The first-order chi connectivity index (χ1) is 10.3. The number of ether oxygens (including phenoxy) is 1. The maximum absolute atomic E-state index is 13.8. The molecule has 0 aromatic heterocycles. The Morgan fingerprint density at radius 3 is 2.76 bits per heavy atom. The summed E-state index contributed by atoms with van der Waals surface area (Å²) in [5, 5.41) is 0. The Morgan fingerprint density at radius 2 is 1.95 bits per heavy atom. The van der Waals surface area contributed by atoms with Crippen LogP contribution in [0.15, 0.2) is 48.5 Å². The van der Waals surface area contributed by atoms with Crippen LogP contribution in [-0.4, -0.2) is 12.6 Å². The molecule has 2 atom stereocenters. The molecule has 0 spiro atoms. The van der Waals surface area contributed by atoms with E-state index in [0.717, 1.165) is 12.2 Å². The molecule has 2 aromatic carbocycles. The lowest BCUT2D eigenvalue weighted by Crippen LogP contribution is -2.46. The van der Waals surface area contributed by atoms with Gasteiger partial charge in [-0.05, 0) is 36.1 Å². The summed E-state index contributed by atoms with van der Waals surface area (Å²) in [7, 11) is 0. The summed E-state index contributed by atoms with van der Waals surface area (Å²) in [6.45, 7) is 0.598. The Kier molecular flexibility index (Phi) is 4.18. The van der Waals surface area contributed by atoms with Gasteiger partial charge >= 0.3 is 0 Å². The van der Waals surface area contributed by atoms with Gasteiger partial charge in [-0.2, -0.15) is 0 Å². The van der Waals surface area contributed by atoms with Crippen LogP contribution in [0.4, 0.5) is 4.39 Å². The highest BCUT2D eigenvalue weighted by Crippen LogP contribution is 2.29. The Bertz CT molecular complexity index is 617. The molecule has 1 aliphatic heterocycles. The number of fused-ring (bicyclic) bond motifs is 1. The predicted octanol–water partition coefficient (Wildman–Crippen LogP) is 2.45. The molecule has 110 valence electrons. The lowest BCUT2D eigenvalue weighted by molar-refractivity contribution is 0.183. The lowest BCUT2D eigenvalue weighted by atomic mass is 9.87. The molecule has 0 fully saturated rings. The summed E-state index contributed by atoms with van der Waals surface area (Å²) in [6.07, 6.45) is 1.44. The molecule has 0 saturated heterocycles. The Morgan fingerprint density at radius 1 is 1.19 bits per heavy atom. The first-order valence-electron chi connectivity index (χ1n) is 7.18. The molecular weight excluding hydrogens is 267 g/mol. The average Bonchev–Trinajstić information content (AvgIpc) is 2.54. The molecule has 21 heavy (non-hydrogen) atoms. The van der Waals surface area contributed by atoms with E-state index in [4.69, 9.17) is 10.6 Å². The smallest absolute Gasteiger partial charge is 0.126 e. The molecule has 1 heterocycles. The van der Waals surface area contributed by atoms with E-state index in [1.165, 1.54) is 11.6 Å². The van der Waals surface area contributed by atoms with Crippen molar-refractivity contribution in [1.82, 2.24) is 5.43 Å². The quantitative estimate of drug-likeness (QED) is 0.670. The molecular formula is C17H19FN2O. The van der Waals surface area contributed by atoms with Crippen molar-refractivity contribution in [2.45, 2.75) is 18.9 Å². The number of rotatable bonds is 4. The molecule has 0 aliphatic carbocycles.